The van der Waals surface area contributed by atoms with Gasteiger partial charge in [0.1, 0.15) is 0 Å². The van der Waals surface area contributed by atoms with Gasteiger partial charge >= 0.3 is 12.0 Å². The van der Waals surface area contributed by atoms with E-state index >= 15 is 0 Å². The van der Waals surface area contributed by atoms with Gasteiger partial charge in [-0.25, -0.2) is 19.6 Å². The number of nitrogens with zero attached hydrogens (tertiary/aromatic N) is 2. The van der Waals surface area contributed by atoms with Crippen molar-refractivity contribution in [3.8, 4) is 0 Å². The summed E-state index contributed by atoms with van der Waals surface area (Å²) in [7, 11) is 3.42. The number of rotatable bonds is 5. The minimum atomic E-state index is -1.04. The molecule has 94 valence electrons. The molecule has 0 bridgehead atoms. The summed E-state index contributed by atoms with van der Waals surface area (Å²) in [6.07, 6.45) is 0.513. The first-order valence-electron chi connectivity index (χ1n) is 4.88. The summed E-state index contributed by atoms with van der Waals surface area (Å²) in [5.41, 5.74) is 2.57. The van der Waals surface area contributed by atoms with Gasteiger partial charge in [-0.15, -0.1) is 11.3 Å². The van der Waals surface area contributed by atoms with E-state index in [1.165, 1.54) is 21.7 Å². The Hall–Kier alpha value is -1.67. The molecule has 0 aliphatic rings. The number of hydrogen-bond acceptors (Lipinski definition) is 5. The number of amides is 2. The summed E-state index contributed by atoms with van der Waals surface area (Å²) in [6.45, 7) is 0.409. The van der Waals surface area contributed by atoms with Gasteiger partial charge < -0.3 is 10.4 Å². The number of aromatic carboxylic acids is 1. The monoisotopic (exact) mass is 258 g/mol. The van der Waals surface area contributed by atoms with E-state index in [0.717, 1.165) is 0 Å². The molecule has 8 heteroatoms. The molecule has 1 rings (SSSR count). The summed E-state index contributed by atoms with van der Waals surface area (Å²) in [6, 6.07) is -0.301. The Balaban J connectivity index is 2.31. The van der Waals surface area contributed by atoms with Crippen LogP contribution in [0.3, 0.4) is 0 Å². The van der Waals surface area contributed by atoms with E-state index in [4.69, 9.17) is 5.11 Å². The lowest BCUT2D eigenvalue weighted by atomic mass is 10.4. The highest BCUT2D eigenvalue weighted by atomic mass is 32.1. The van der Waals surface area contributed by atoms with E-state index < -0.39 is 5.97 Å². The zero-order valence-corrected chi connectivity index (χ0v) is 10.4. The van der Waals surface area contributed by atoms with Crippen molar-refractivity contribution in [1.29, 1.82) is 0 Å². The van der Waals surface area contributed by atoms with Crippen LogP contribution in [0.15, 0.2) is 5.38 Å². The molecule has 1 aromatic heterocycles. The molecule has 0 spiro atoms. The molecule has 0 unspecified atom stereocenters. The van der Waals surface area contributed by atoms with Gasteiger partial charge in [0.05, 0.1) is 5.01 Å². The molecule has 0 saturated heterocycles. The predicted octanol–water partition coefficient (Wildman–Crippen LogP) is 0.160. The Kier molecular flexibility index (Phi) is 4.85. The molecular weight excluding hydrogens is 244 g/mol. The average Bonchev–Trinajstić information content (AvgIpc) is 2.65. The number of carboxylic acids is 1. The molecule has 0 aromatic carbocycles. The van der Waals surface area contributed by atoms with E-state index in [1.54, 1.807) is 14.1 Å². The van der Waals surface area contributed by atoms with Crippen LogP contribution >= 0.6 is 11.3 Å². The average molecular weight is 258 g/mol. The Morgan fingerprint density at radius 1 is 1.53 bits per heavy atom. The molecule has 1 aromatic rings. The van der Waals surface area contributed by atoms with Crippen LogP contribution in [0.5, 0.6) is 0 Å². The lowest BCUT2D eigenvalue weighted by Gasteiger charge is -2.12. The van der Waals surface area contributed by atoms with Crippen molar-refractivity contribution in [3.63, 3.8) is 0 Å². The van der Waals surface area contributed by atoms with E-state index in [-0.39, 0.29) is 11.7 Å². The highest BCUT2D eigenvalue weighted by molar-refractivity contribution is 7.09. The van der Waals surface area contributed by atoms with E-state index in [0.29, 0.717) is 18.0 Å². The summed E-state index contributed by atoms with van der Waals surface area (Å²) in [5, 5.41) is 15.0. The Bertz CT molecular complexity index is 405. The molecule has 17 heavy (non-hydrogen) atoms. The zero-order chi connectivity index (χ0) is 12.8. The van der Waals surface area contributed by atoms with Gasteiger partial charge in [0.2, 0.25) is 0 Å². The van der Waals surface area contributed by atoms with Crippen molar-refractivity contribution in [2.75, 3.05) is 20.6 Å². The molecule has 2 amide bonds. The van der Waals surface area contributed by atoms with Gasteiger partial charge in [-0.05, 0) is 0 Å². The van der Waals surface area contributed by atoms with Crippen LogP contribution < -0.4 is 10.7 Å². The maximum Gasteiger partial charge on any atom is 0.355 e. The van der Waals surface area contributed by atoms with Crippen LogP contribution in [0.2, 0.25) is 0 Å². The number of carbonyl (C=O) groups is 2. The number of hydrogen-bond donors (Lipinski definition) is 3. The van der Waals surface area contributed by atoms with E-state index in [1.807, 2.05) is 0 Å². The number of nitrogens with one attached hydrogen (secondary N) is 2. The quantitative estimate of drug-likeness (QED) is 0.654. The summed E-state index contributed by atoms with van der Waals surface area (Å²) < 4.78 is 0. The topological polar surface area (TPSA) is 94.6 Å². The van der Waals surface area contributed by atoms with Crippen LogP contribution in [0.1, 0.15) is 15.5 Å². The number of hydrazine groups is 1. The lowest BCUT2D eigenvalue weighted by molar-refractivity contribution is 0.0691. The molecular formula is C9H14N4O3S. The second-order valence-electron chi connectivity index (χ2n) is 3.44. The smallest absolute Gasteiger partial charge is 0.355 e. The number of aromatic nitrogens is 1. The van der Waals surface area contributed by atoms with Crippen LogP contribution in [0.4, 0.5) is 4.79 Å². The summed E-state index contributed by atoms with van der Waals surface area (Å²) in [4.78, 5) is 25.7. The standard InChI is InChI=1S/C9H14N4O3S/c1-13(2)12-9(16)10-4-3-7-11-6(5-17-7)8(14)15/h5H,3-4H2,1-2H3,(H,14,15)(H2,10,12,16). The number of thiazole rings is 1. The summed E-state index contributed by atoms with van der Waals surface area (Å²) in [5.74, 6) is -1.04. The molecule has 1 heterocycles. The first kappa shape index (κ1) is 13.4. The lowest BCUT2D eigenvalue weighted by Crippen LogP contribution is -2.43. The molecule has 0 saturated carbocycles. The van der Waals surface area contributed by atoms with Crippen LogP contribution in [0.25, 0.3) is 0 Å². The minimum Gasteiger partial charge on any atom is -0.476 e. The van der Waals surface area contributed by atoms with Crippen molar-refractivity contribution in [1.82, 2.24) is 20.7 Å². The van der Waals surface area contributed by atoms with Crippen molar-refractivity contribution < 1.29 is 14.7 Å². The Morgan fingerprint density at radius 2 is 2.24 bits per heavy atom. The highest BCUT2D eigenvalue weighted by Gasteiger charge is 2.08. The SMILES string of the molecule is CN(C)NC(=O)NCCc1nc(C(=O)O)cs1. The van der Waals surface area contributed by atoms with Gasteiger partial charge in [0.25, 0.3) is 0 Å². The molecule has 7 nitrogen and oxygen atoms in total. The van der Waals surface area contributed by atoms with E-state index in [9.17, 15) is 9.59 Å². The number of carbonyl (C=O) groups excluding carboxylic acids is 1. The van der Waals surface area contributed by atoms with Crippen LogP contribution in [-0.2, 0) is 6.42 Å². The van der Waals surface area contributed by atoms with Crippen molar-refractivity contribution in [2.24, 2.45) is 0 Å². The molecule has 0 aliphatic heterocycles. The fraction of sp³-hybridized carbons (Fsp3) is 0.444. The van der Waals surface area contributed by atoms with Gasteiger partial charge in [-0.2, -0.15) is 0 Å². The van der Waals surface area contributed by atoms with E-state index in [2.05, 4.69) is 15.7 Å². The molecule has 0 atom stereocenters. The second-order valence-corrected chi connectivity index (χ2v) is 4.39. The Morgan fingerprint density at radius 3 is 2.76 bits per heavy atom. The van der Waals surface area contributed by atoms with Gasteiger partial charge in [0.15, 0.2) is 5.69 Å². The molecule has 0 fully saturated rings. The largest absolute Gasteiger partial charge is 0.476 e. The molecule has 0 aliphatic carbocycles. The van der Waals surface area contributed by atoms with Gasteiger partial charge in [0, 0.05) is 32.4 Å². The maximum absolute atomic E-state index is 11.2. The van der Waals surface area contributed by atoms with Crippen molar-refractivity contribution in [3.05, 3.63) is 16.1 Å². The molecule has 3 N–H and O–H groups in total. The maximum atomic E-state index is 11.2. The fourth-order valence-electron chi connectivity index (χ4n) is 1.05. The molecule has 0 radical (unpaired) electrons. The van der Waals surface area contributed by atoms with Gasteiger partial charge in [-0.1, -0.05) is 0 Å². The van der Waals surface area contributed by atoms with Crippen molar-refractivity contribution in [2.45, 2.75) is 6.42 Å². The fourth-order valence-corrected chi connectivity index (χ4v) is 1.82. The third-order valence-electron chi connectivity index (χ3n) is 1.72. The van der Waals surface area contributed by atoms with Crippen LogP contribution in [-0.4, -0.2) is 47.7 Å². The van der Waals surface area contributed by atoms with Crippen LogP contribution in [0, 0.1) is 0 Å². The highest BCUT2D eigenvalue weighted by Crippen LogP contribution is 2.09. The summed E-state index contributed by atoms with van der Waals surface area (Å²) >= 11 is 1.27. The third-order valence-corrected chi connectivity index (χ3v) is 2.63. The first-order valence-corrected chi connectivity index (χ1v) is 5.76. The van der Waals surface area contributed by atoms with Crippen molar-refractivity contribution >= 4 is 23.3 Å². The first-order chi connectivity index (χ1) is 7.99. The minimum absolute atomic E-state index is 0.0442. The normalized spacial score (nSPS) is 10.3. The second kappa shape index (κ2) is 6.16. The predicted molar refractivity (Wildman–Crippen MR) is 63.0 cm³/mol. The zero-order valence-electron chi connectivity index (χ0n) is 9.56. The Labute approximate surface area is 102 Å². The number of urea groups is 1. The number of carboxylic acid groups (broad SMARTS) is 1. The third kappa shape index (κ3) is 4.79. The van der Waals surface area contributed by atoms with Gasteiger partial charge in [-0.3, -0.25) is 5.43 Å².